The van der Waals surface area contributed by atoms with Gasteiger partial charge in [0, 0.05) is 5.57 Å². The average Bonchev–Trinajstić information content (AvgIpc) is 2.88. The highest BCUT2D eigenvalue weighted by molar-refractivity contribution is 5.53. The molecular formula is C17H24O. The minimum atomic E-state index is 0.747. The second-order valence-corrected chi connectivity index (χ2v) is 6.56. The van der Waals surface area contributed by atoms with E-state index in [9.17, 15) is 0 Å². The summed E-state index contributed by atoms with van der Waals surface area (Å²) < 4.78 is 5.64. The molecule has 0 amide bonds. The Kier molecular flexibility index (Phi) is 3.09. The van der Waals surface area contributed by atoms with Crippen molar-refractivity contribution in [2.24, 2.45) is 23.7 Å². The van der Waals surface area contributed by atoms with Crippen molar-refractivity contribution in [1.29, 1.82) is 0 Å². The van der Waals surface area contributed by atoms with Gasteiger partial charge in [0.05, 0.1) is 0 Å². The molecule has 0 aromatic carbocycles. The quantitative estimate of drug-likeness (QED) is 0.696. The van der Waals surface area contributed by atoms with Crippen LogP contribution in [-0.2, 0) is 4.74 Å². The molecule has 0 saturated heterocycles. The lowest BCUT2D eigenvalue weighted by molar-refractivity contribution is 0.172. The molecule has 0 spiro atoms. The maximum absolute atomic E-state index is 5.64. The summed E-state index contributed by atoms with van der Waals surface area (Å²) in [7, 11) is 0. The van der Waals surface area contributed by atoms with Crippen LogP contribution in [0.25, 0.3) is 0 Å². The predicted molar refractivity (Wildman–Crippen MR) is 75.0 cm³/mol. The van der Waals surface area contributed by atoms with Crippen LogP contribution in [0.3, 0.4) is 0 Å². The number of ether oxygens (including phenoxy) is 1. The number of allylic oxidation sites excluding steroid dienone is 3. The van der Waals surface area contributed by atoms with Gasteiger partial charge in [-0.05, 0) is 60.3 Å². The van der Waals surface area contributed by atoms with E-state index in [0.717, 1.165) is 36.0 Å². The van der Waals surface area contributed by atoms with Gasteiger partial charge in [0.15, 0.2) is 0 Å². The molecule has 3 atom stereocenters. The molecule has 1 heterocycles. The van der Waals surface area contributed by atoms with E-state index in [1.165, 1.54) is 30.4 Å². The summed E-state index contributed by atoms with van der Waals surface area (Å²) in [6, 6.07) is 0. The Morgan fingerprint density at radius 1 is 1.22 bits per heavy atom. The zero-order chi connectivity index (χ0) is 12.7. The largest absolute Gasteiger partial charge is 0.489 e. The van der Waals surface area contributed by atoms with Crippen molar-refractivity contribution in [2.45, 2.75) is 40.0 Å². The van der Waals surface area contributed by atoms with Crippen molar-refractivity contribution in [1.82, 2.24) is 0 Å². The van der Waals surface area contributed by atoms with E-state index in [0.29, 0.717) is 0 Å². The zero-order valence-corrected chi connectivity index (χ0v) is 11.8. The fourth-order valence-electron chi connectivity index (χ4n) is 3.83. The summed E-state index contributed by atoms with van der Waals surface area (Å²) in [5.74, 6) is 4.38. The number of hydrogen-bond donors (Lipinski definition) is 0. The second kappa shape index (κ2) is 4.60. The van der Waals surface area contributed by atoms with Crippen LogP contribution in [0.4, 0.5) is 0 Å². The highest BCUT2D eigenvalue weighted by atomic mass is 16.5. The highest BCUT2D eigenvalue weighted by Crippen LogP contribution is 2.45. The lowest BCUT2D eigenvalue weighted by Gasteiger charge is -2.37. The normalized spacial score (nSPS) is 34.9. The molecule has 98 valence electrons. The molecule has 1 fully saturated rings. The van der Waals surface area contributed by atoms with E-state index in [2.05, 4.69) is 39.0 Å². The van der Waals surface area contributed by atoms with Gasteiger partial charge >= 0.3 is 0 Å². The van der Waals surface area contributed by atoms with Gasteiger partial charge in [0.2, 0.25) is 0 Å². The van der Waals surface area contributed by atoms with Gasteiger partial charge in [-0.25, -0.2) is 0 Å². The summed E-state index contributed by atoms with van der Waals surface area (Å²) in [5, 5.41) is 0. The minimum Gasteiger partial charge on any atom is -0.489 e. The van der Waals surface area contributed by atoms with Gasteiger partial charge < -0.3 is 4.74 Å². The summed E-state index contributed by atoms with van der Waals surface area (Å²) in [4.78, 5) is 0. The lowest BCUT2D eigenvalue weighted by Crippen LogP contribution is -2.28. The summed E-state index contributed by atoms with van der Waals surface area (Å²) >= 11 is 0. The molecule has 0 aromatic rings. The van der Waals surface area contributed by atoms with E-state index in [4.69, 9.17) is 4.74 Å². The van der Waals surface area contributed by atoms with Crippen LogP contribution in [0.1, 0.15) is 40.0 Å². The molecule has 1 saturated carbocycles. The van der Waals surface area contributed by atoms with Crippen molar-refractivity contribution in [3.8, 4) is 0 Å². The fraction of sp³-hybridized carbons (Fsp3) is 0.647. The Balaban J connectivity index is 1.85. The first-order valence-electron chi connectivity index (χ1n) is 7.41. The minimum absolute atomic E-state index is 0.747. The molecule has 2 aliphatic carbocycles. The van der Waals surface area contributed by atoms with Gasteiger partial charge in [-0.1, -0.05) is 27.2 Å². The molecule has 3 aliphatic rings. The molecular weight excluding hydrogens is 220 g/mol. The first kappa shape index (κ1) is 12.1. The molecule has 0 bridgehead atoms. The van der Waals surface area contributed by atoms with E-state index in [1.807, 2.05) is 0 Å². The molecule has 18 heavy (non-hydrogen) atoms. The summed E-state index contributed by atoms with van der Waals surface area (Å²) in [6.07, 6.45) is 11.0. The van der Waals surface area contributed by atoms with E-state index in [-0.39, 0.29) is 0 Å². The number of hydrogen-bond acceptors (Lipinski definition) is 1. The van der Waals surface area contributed by atoms with Crippen LogP contribution in [0.15, 0.2) is 35.1 Å². The van der Waals surface area contributed by atoms with Crippen LogP contribution in [0.5, 0.6) is 0 Å². The molecule has 0 aromatic heterocycles. The zero-order valence-electron chi connectivity index (χ0n) is 11.8. The van der Waals surface area contributed by atoms with Crippen LogP contribution < -0.4 is 0 Å². The van der Waals surface area contributed by atoms with Crippen molar-refractivity contribution in [2.75, 3.05) is 6.61 Å². The third-order valence-corrected chi connectivity index (χ3v) is 4.90. The SMILES string of the molecule is CC1CCC(C(C)C)C(C2=CC3=CCOC3=C2)C1. The van der Waals surface area contributed by atoms with Gasteiger partial charge in [0.1, 0.15) is 12.4 Å². The Labute approximate surface area is 111 Å². The van der Waals surface area contributed by atoms with Gasteiger partial charge in [0.25, 0.3) is 0 Å². The first-order valence-corrected chi connectivity index (χ1v) is 7.41. The molecule has 0 N–H and O–H groups in total. The highest BCUT2D eigenvalue weighted by Gasteiger charge is 2.34. The third kappa shape index (κ3) is 2.04. The molecule has 1 nitrogen and oxygen atoms in total. The Bertz CT molecular complexity index is 425. The smallest absolute Gasteiger partial charge is 0.127 e. The number of fused-ring (bicyclic) bond motifs is 1. The lowest BCUT2D eigenvalue weighted by atomic mass is 9.67. The maximum atomic E-state index is 5.64. The predicted octanol–water partition coefficient (Wildman–Crippen LogP) is 4.48. The van der Waals surface area contributed by atoms with Crippen molar-refractivity contribution in [3.05, 3.63) is 35.1 Å². The molecule has 3 unspecified atom stereocenters. The molecule has 0 radical (unpaired) electrons. The second-order valence-electron chi connectivity index (χ2n) is 6.56. The van der Waals surface area contributed by atoms with Gasteiger partial charge in [-0.3, -0.25) is 0 Å². The fourth-order valence-corrected chi connectivity index (χ4v) is 3.83. The summed E-state index contributed by atoms with van der Waals surface area (Å²) in [6.45, 7) is 7.93. The maximum Gasteiger partial charge on any atom is 0.127 e. The van der Waals surface area contributed by atoms with Gasteiger partial charge in [-0.2, -0.15) is 0 Å². The van der Waals surface area contributed by atoms with Crippen LogP contribution >= 0.6 is 0 Å². The van der Waals surface area contributed by atoms with Crippen LogP contribution in [0, 0.1) is 23.7 Å². The Morgan fingerprint density at radius 3 is 2.78 bits per heavy atom. The topological polar surface area (TPSA) is 9.23 Å². The monoisotopic (exact) mass is 244 g/mol. The van der Waals surface area contributed by atoms with E-state index < -0.39 is 0 Å². The van der Waals surface area contributed by atoms with Crippen molar-refractivity contribution < 1.29 is 4.74 Å². The molecule has 1 heteroatoms. The Hall–Kier alpha value is -0.980. The van der Waals surface area contributed by atoms with Crippen LogP contribution in [0.2, 0.25) is 0 Å². The average molecular weight is 244 g/mol. The Morgan fingerprint density at radius 2 is 2.06 bits per heavy atom. The summed E-state index contributed by atoms with van der Waals surface area (Å²) in [5.41, 5.74) is 2.85. The van der Waals surface area contributed by atoms with Crippen LogP contribution in [-0.4, -0.2) is 6.61 Å². The first-order chi connectivity index (χ1) is 8.65. The third-order valence-electron chi connectivity index (χ3n) is 4.90. The standard InChI is InChI=1S/C17H24O/c1-11(2)15-5-4-12(3)8-16(15)14-9-13-6-7-18-17(13)10-14/h6,9-12,15-16H,4-5,7-8H2,1-3H3. The van der Waals surface area contributed by atoms with Crippen molar-refractivity contribution >= 4 is 0 Å². The van der Waals surface area contributed by atoms with Crippen molar-refractivity contribution in [3.63, 3.8) is 0 Å². The van der Waals surface area contributed by atoms with E-state index >= 15 is 0 Å². The molecule has 3 rings (SSSR count). The number of rotatable bonds is 2. The van der Waals surface area contributed by atoms with Gasteiger partial charge in [-0.15, -0.1) is 0 Å². The molecule has 1 aliphatic heterocycles. The van der Waals surface area contributed by atoms with E-state index in [1.54, 1.807) is 0 Å².